The van der Waals surface area contributed by atoms with Gasteiger partial charge in [0.05, 0.1) is 11.4 Å². The maximum Gasteiger partial charge on any atom is 0.253 e. The average molecular weight is 381 g/mol. The van der Waals surface area contributed by atoms with Gasteiger partial charge >= 0.3 is 0 Å². The zero-order valence-corrected chi connectivity index (χ0v) is 16.5. The summed E-state index contributed by atoms with van der Waals surface area (Å²) in [6.45, 7) is 5.65. The van der Waals surface area contributed by atoms with Crippen LogP contribution in [-0.4, -0.2) is 17.9 Å². The summed E-state index contributed by atoms with van der Waals surface area (Å²) in [6.07, 6.45) is 4.23. The van der Waals surface area contributed by atoms with E-state index in [1.54, 1.807) is 12.1 Å². The Bertz CT molecular complexity index is 877. The van der Waals surface area contributed by atoms with Crippen LogP contribution in [0, 0.1) is 0 Å². The summed E-state index contributed by atoms with van der Waals surface area (Å²) in [5, 5.41) is 6.33. The molecule has 2 aromatic rings. The van der Waals surface area contributed by atoms with Crippen molar-refractivity contribution in [3.05, 3.63) is 66.2 Å². The monoisotopic (exact) mass is 381 g/mol. The molecular weight excluding hydrogens is 357 g/mol. The maximum atomic E-state index is 12.4. The van der Waals surface area contributed by atoms with E-state index in [2.05, 4.69) is 45.7 Å². The van der Waals surface area contributed by atoms with Crippen LogP contribution in [0.15, 0.2) is 55.1 Å². The van der Waals surface area contributed by atoms with E-state index in [1.807, 2.05) is 18.2 Å². The summed E-state index contributed by atoms with van der Waals surface area (Å²) >= 11 is 0. The molecular formula is C21H24N3O2P. The van der Waals surface area contributed by atoms with Gasteiger partial charge in [0.15, 0.2) is 0 Å². The van der Waals surface area contributed by atoms with Gasteiger partial charge in [-0.1, -0.05) is 25.6 Å². The number of nitrogens with one attached hydrogen (secondary N) is 2. The van der Waals surface area contributed by atoms with Gasteiger partial charge in [-0.15, -0.1) is 0 Å². The first kappa shape index (κ1) is 19.1. The highest BCUT2D eigenvalue weighted by Crippen LogP contribution is 2.33. The fraction of sp³-hybridized carbons (Fsp3) is 0.238. The topological polar surface area (TPSA) is 61.4 Å². The molecule has 2 N–H and O–H groups in total. The van der Waals surface area contributed by atoms with Gasteiger partial charge in [-0.3, -0.25) is 14.3 Å². The van der Waals surface area contributed by atoms with Crippen molar-refractivity contribution in [1.29, 1.82) is 0 Å². The maximum absolute atomic E-state index is 12.4. The molecule has 0 spiro atoms. The fourth-order valence-corrected chi connectivity index (χ4v) is 3.03. The highest BCUT2D eigenvalue weighted by molar-refractivity contribution is 7.21. The van der Waals surface area contributed by atoms with Gasteiger partial charge in [-0.2, -0.15) is 0 Å². The smallest absolute Gasteiger partial charge is 0.253 e. The van der Waals surface area contributed by atoms with E-state index in [9.17, 15) is 9.59 Å². The number of hydrogen-bond acceptors (Lipinski definition) is 3. The third-order valence-corrected chi connectivity index (χ3v) is 4.99. The van der Waals surface area contributed by atoms with Crippen molar-refractivity contribution < 1.29 is 9.59 Å². The number of hydrogen-bond donors (Lipinski definition) is 2. The van der Waals surface area contributed by atoms with Gasteiger partial charge in [-0.05, 0) is 70.6 Å². The predicted octanol–water partition coefficient (Wildman–Crippen LogP) is 4.19. The number of anilines is 3. The van der Waals surface area contributed by atoms with E-state index in [0.29, 0.717) is 11.3 Å². The Kier molecular flexibility index (Phi) is 5.92. The minimum Gasteiger partial charge on any atom is -0.354 e. The van der Waals surface area contributed by atoms with Crippen LogP contribution in [-0.2, 0) is 11.2 Å². The zero-order valence-electron chi connectivity index (χ0n) is 15.4. The van der Waals surface area contributed by atoms with Crippen molar-refractivity contribution in [1.82, 2.24) is 5.32 Å². The zero-order chi connectivity index (χ0) is 19.4. The molecule has 0 heterocycles. The molecule has 1 aliphatic rings. The largest absolute Gasteiger partial charge is 0.354 e. The van der Waals surface area contributed by atoms with Gasteiger partial charge in [0, 0.05) is 17.3 Å². The van der Waals surface area contributed by atoms with Gasteiger partial charge in [0.1, 0.15) is 0 Å². The Morgan fingerprint density at radius 1 is 1.26 bits per heavy atom. The molecule has 1 saturated carbocycles. The molecule has 3 rings (SSSR count). The van der Waals surface area contributed by atoms with Crippen molar-refractivity contribution in [3.63, 3.8) is 0 Å². The molecule has 5 nitrogen and oxygen atoms in total. The SMILES string of the molecule is C=CC(=O)N(P)c1cc(C(=O)NC2CC2)ccc1Nc1cccc(CC)c1. The molecule has 6 heteroatoms. The molecule has 2 amide bonds. The van der Waals surface area contributed by atoms with E-state index in [4.69, 9.17) is 0 Å². The number of benzene rings is 2. The van der Waals surface area contributed by atoms with Crippen LogP contribution < -0.4 is 15.3 Å². The molecule has 1 aliphatic carbocycles. The van der Waals surface area contributed by atoms with Crippen LogP contribution in [0.2, 0.25) is 0 Å². The minimum atomic E-state index is -0.273. The van der Waals surface area contributed by atoms with E-state index in [0.717, 1.165) is 30.6 Å². The molecule has 0 saturated heterocycles. The molecule has 0 bridgehead atoms. The molecule has 1 unspecified atom stereocenters. The normalized spacial score (nSPS) is 13.0. The Balaban J connectivity index is 1.93. The van der Waals surface area contributed by atoms with Crippen molar-refractivity contribution in [2.24, 2.45) is 0 Å². The number of aryl methyl sites for hydroxylation is 1. The van der Waals surface area contributed by atoms with Crippen LogP contribution >= 0.6 is 9.39 Å². The number of amides is 2. The van der Waals surface area contributed by atoms with E-state index >= 15 is 0 Å². The van der Waals surface area contributed by atoms with Crippen molar-refractivity contribution in [2.45, 2.75) is 32.2 Å². The second kappa shape index (κ2) is 8.36. The number of rotatable bonds is 7. The second-order valence-electron chi connectivity index (χ2n) is 6.57. The Morgan fingerprint density at radius 3 is 2.70 bits per heavy atom. The van der Waals surface area contributed by atoms with Crippen LogP contribution in [0.1, 0.15) is 35.7 Å². The van der Waals surface area contributed by atoms with Crippen molar-refractivity contribution >= 4 is 38.3 Å². The Labute approximate surface area is 162 Å². The minimum absolute atomic E-state index is 0.122. The second-order valence-corrected chi connectivity index (χ2v) is 7.09. The summed E-state index contributed by atoms with van der Waals surface area (Å²) in [6, 6.07) is 13.7. The summed E-state index contributed by atoms with van der Waals surface area (Å²) in [7, 11) is 2.39. The molecule has 0 radical (unpaired) electrons. The van der Waals surface area contributed by atoms with Gasteiger partial charge in [-0.25, -0.2) is 0 Å². The summed E-state index contributed by atoms with van der Waals surface area (Å²) in [5.41, 5.74) is 3.99. The van der Waals surface area contributed by atoms with Crippen molar-refractivity contribution in [2.75, 3.05) is 9.99 Å². The van der Waals surface area contributed by atoms with Crippen LogP contribution in [0.25, 0.3) is 0 Å². The standard InChI is InChI=1S/C21H24N3O2P/c1-3-14-6-5-7-17(12-14)22-18-11-8-15(21(26)23-16-9-10-16)13-19(18)24(27)20(25)4-2/h4-8,11-13,16,22H,2-3,9-10,27H2,1H3,(H,23,26). The predicted molar refractivity (Wildman–Crippen MR) is 113 cm³/mol. The molecule has 27 heavy (non-hydrogen) atoms. The lowest BCUT2D eigenvalue weighted by Gasteiger charge is -2.21. The lowest BCUT2D eigenvalue weighted by Crippen LogP contribution is -2.26. The first-order chi connectivity index (χ1) is 13.0. The fourth-order valence-electron chi connectivity index (χ4n) is 2.72. The molecule has 0 aliphatic heterocycles. The Hall–Kier alpha value is -2.65. The lowest BCUT2D eigenvalue weighted by molar-refractivity contribution is -0.113. The third-order valence-electron chi connectivity index (χ3n) is 4.46. The van der Waals surface area contributed by atoms with Gasteiger partial charge in [0.2, 0.25) is 0 Å². The molecule has 1 fully saturated rings. The molecule has 140 valence electrons. The van der Waals surface area contributed by atoms with E-state index < -0.39 is 0 Å². The van der Waals surface area contributed by atoms with Crippen LogP contribution in [0.3, 0.4) is 0 Å². The first-order valence-electron chi connectivity index (χ1n) is 9.04. The average Bonchev–Trinajstić information content (AvgIpc) is 3.51. The summed E-state index contributed by atoms with van der Waals surface area (Å²) in [4.78, 5) is 24.5. The molecule has 0 aromatic heterocycles. The van der Waals surface area contributed by atoms with Crippen LogP contribution in [0.5, 0.6) is 0 Å². The number of carbonyl (C=O) groups is 2. The Morgan fingerprint density at radius 2 is 2.04 bits per heavy atom. The van der Waals surface area contributed by atoms with Gasteiger partial charge in [0.25, 0.3) is 11.8 Å². The summed E-state index contributed by atoms with van der Waals surface area (Å²) in [5.74, 6) is -0.396. The third kappa shape index (κ3) is 4.75. The highest BCUT2D eigenvalue weighted by Gasteiger charge is 2.24. The molecule has 1 atom stereocenters. The number of nitrogens with zero attached hydrogens (tertiary/aromatic N) is 1. The lowest BCUT2D eigenvalue weighted by atomic mass is 10.1. The van der Waals surface area contributed by atoms with Gasteiger partial charge < -0.3 is 10.6 Å². The van der Waals surface area contributed by atoms with E-state index in [-0.39, 0.29) is 17.9 Å². The first-order valence-corrected chi connectivity index (χ1v) is 9.55. The molecule has 2 aromatic carbocycles. The van der Waals surface area contributed by atoms with Crippen molar-refractivity contribution in [3.8, 4) is 0 Å². The highest BCUT2D eigenvalue weighted by atomic mass is 31.0. The summed E-state index contributed by atoms with van der Waals surface area (Å²) < 4.78 is 1.41. The van der Waals surface area contributed by atoms with E-state index in [1.165, 1.54) is 16.3 Å². The van der Waals surface area contributed by atoms with Crippen LogP contribution in [0.4, 0.5) is 17.1 Å². The quantitative estimate of drug-likeness (QED) is 0.558. The number of carbonyl (C=O) groups excluding carboxylic acids is 2.